The lowest BCUT2D eigenvalue weighted by atomic mass is 9.74. The fourth-order valence-electron chi connectivity index (χ4n) is 4.41. The summed E-state index contributed by atoms with van der Waals surface area (Å²) in [5.41, 5.74) is 2.68. The molecule has 1 aliphatic heterocycles. The van der Waals surface area contributed by atoms with E-state index < -0.39 is 0 Å². The van der Waals surface area contributed by atoms with Gasteiger partial charge in [0, 0.05) is 13.1 Å². The van der Waals surface area contributed by atoms with Crippen molar-refractivity contribution >= 4 is 0 Å². The molecular formula is C23H43NO. The average Bonchev–Trinajstić information content (AvgIpc) is 2.53. The van der Waals surface area contributed by atoms with Gasteiger partial charge in [-0.1, -0.05) is 46.3 Å². The van der Waals surface area contributed by atoms with E-state index in [0.29, 0.717) is 10.8 Å². The minimum absolute atomic E-state index is 0.465. The summed E-state index contributed by atoms with van der Waals surface area (Å²) >= 11 is 0. The largest absolute Gasteiger partial charge is 0.379 e. The van der Waals surface area contributed by atoms with Crippen molar-refractivity contribution in [1.29, 1.82) is 0 Å². The maximum absolute atomic E-state index is 5.45. The van der Waals surface area contributed by atoms with E-state index in [1.165, 1.54) is 57.9 Å². The number of ether oxygens (including phenoxy) is 1. The zero-order valence-electron chi connectivity index (χ0n) is 17.7. The smallest absolute Gasteiger partial charge is 0.0594 e. The summed E-state index contributed by atoms with van der Waals surface area (Å²) in [4.78, 5) is 2.57. The number of rotatable bonds is 8. The molecule has 0 aromatic carbocycles. The molecule has 146 valence electrons. The van der Waals surface area contributed by atoms with Crippen molar-refractivity contribution in [2.24, 2.45) is 16.7 Å². The molecule has 0 aromatic rings. The molecule has 0 aromatic heterocycles. The van der Waals surface area contributed by atoms with Crippen LogP contribution >= 0.6 is 0 Å². The fraction of sp³-hybridized carbons (Fsp3) is 0.913. The van der Waals surface area contributed by atoms with Crippen LogP contribution in [0.25, 0.3) is 0 Å². The Kier molecular flexibility index (Phi) is 8.01. The molecule has 0 bridgehead atoms. The van der Waals surface area contributed by atoms with Crippen LogP contribution in [0.2, 0.25) is 0 Å². The molecule has 1 atom stereocenters. The molecule has 2 heteroatoms. The minimum atomic E-state index is 0.465. The maximum atomic E-state index is 5.45. The zero-order chi connectivity index (χ0) is 18.3. The van der Waals surface area contributed by atoms with Crippen molar-refractivity contribution < 1.29 is 4.74 Å². The Morgan fingerprint density at radius 2 is 1.80 bits per heavy atom. The summed E-state index contributed by atoms with van der Waals surface area (Å²) in [7, 11) is 0. The summed E-state index contributed by atoms with van der Waals surface area (Å²) in [6.45, 7) is 17.4. The highest BCUT2D eigenvalue weighted by molar-refractivity contribution is 5.09. The summed E-state index contributed by atoms with van der Waals surface area (Å²) in [6.07, 6.45) is 13.5. The number of morpholine rings is 1. The lowest BCUT2D eigenvalue weighted by Gasteiger charge is -2.33. The van der Waals surface area contributed by atoms with Crippen LogP contribution < -0.4 is 0 Å². The van der Waals surface area contributed by atoms with E-state index in [1.807, 2.05) is 0 Å². The van der Waals surface area contributed by atoms with Gasteiger partial charge in [0.25, 0.3) is 0 Å². The molecule has 0 radical (unpaired) electrons. The Morgan fingerprint density at radius 1 is 1.08 bits per heavy atom. The first-order chi connectivity index (χ1) is 11.7. The third kappa shape index (κ3) is 8.73. The molecule has 1 unspecified atom stereocenters. The van der Waals surface area contributed by atoms with Gasteiger partial charge in [-0.15, -0.1) is 0 Å². The molecule has 1 aliphatic carbocycles. The molecular weight excluding hydrogens is 306 g/mol. The molecule has 2 aliphatic rings. The molecule has 1 saturated heterocycles. The molecule has 0 saturated carbocycles. The maximum Gasteiger partial charge on any atom is 0.0594 e. The highest BCUT2D eigenvalue weighted by Crippen LogP contribution is 2.38. The quantitative estimate of drug-likeness (QED) is 0.493. The van der Waals surface area contributed by atoms with Crippen LogP contribution in [-0.4, -0.2) is 37.7 Å². The Morgan fingerprint density at radius 3 is 2.48 bits per heavy atom. The van der Waals surface area contributed by atoms with Crippen molar-refractivity contribution in [1.82, 2.24) is 4.90 Å². The monoisotopic (exact) mass is 349 g/mol. The summed E-state index contributed by atoms with van der Waals surface area (Å²) < 4.78 is 5.45. The Bertz CT molecular complexity index is 412. The van der Waals surface area contributed by atoms with Crippen molar-refractivity contribution in [2.75, 3.05) is 32.8 Å². The van der Waals surface area contributed by atoms with Gasteiger partial charge in [0.2, 0.25) is 0 Å². The number of allylic oxidation sites excluding steroid dienone is 2. The van der Waals surface area contributed by atoms with Crippen molar-refractivity contribution in [3.63, 3.8) is 0 Å². The van der Waals surface area contributed by atoms with E-state index in [0.717, 1.165) is 32.2 Å². The van der Waals surface area contributed by atoms with Gasteiger partial charge in [-0.25, -0.2) is 0 Å². The van der Waals surface area contributed by atoms with Crippen LogP contribution in [0.5, 0.6) is 0 Å². The van der Waals surface area contributed by atoms with Crippen LogP contribution in [-0.2, 0) is 4.74 Å². The molecule has 25 heavy (non-hydrogen) atoms. The zero-order valence-corrected chi connectivity index (χ0v) is 17.7. The lowest BCUT2D eigenvalue weighted by molar-refractivity contribution is 0.0356. The fourth-order valence-corrected chi connectivity index (χ4v) is 4.41. The van der Waals surface area contributed by atoms with Gasteiger partial charge in [-0.2, -0.15) is 0 Å². The standard InChI is InChI=1S/C23H43NO/c1-22(2,3)12-10-20-8-6-9-21(18-20)19-23(4,5)11-7-13-24-14-16-25-17-15-24/h18,21H,6-17,19H2,1-5H3. The van der Waals surface area contributed by atoms with Gasteiger partial charge in [0.05, 0.1) is 13.2 Å². The number of hydrogen-bond acceptors (Lipinski definition) is 2. The van der Waals surface area contributed by atoms with E-state index in [2.05, 4.69) is 45.6 Å². The SMILES string of the molecule is CC(C)(C)CCC1=CC(CC(C)(C)CCCN2CCOCC2)CCC1. The van der Waals surface area contributed by atoms with Gasteiger partial charge in [-0.05, 0) is 74.7 Å². The van der Waals surface area contributed by atoms with Gasteiger partial charge in [0.15, 0.2) is 0 Å². The van der Waals surface area contributed by atoms with E-state index in [1.54, 1.807) is 5.57 Å². The van der Waals surface area contributed by atoms with Gasteiger partial charge in [0.1, 0.15) is 0 Å². The molecule has 2 rings (SSSR count). The van der Waals surface area contributed by atoms with E-state index in [-0.39, 0.29) is 0 Å². The normalized spacial score (nSPS) is 23.6. The van der Waals surface area contributed by atoms with Crippen molar-refractivity contribution in [2.45, 2.75) is 86.0 Å². The van der Waals surface area contributed by atoms with Gasteiger partial charge < -0.3 is 4.74 Å². The van der Waals surface area contributed by atoms with Crippen LogP contribution in [0.1, 0.15) is 86.0 Å². The summed E-state index contributed by atoms with van der Waals surface area (Å²) in [5.74, 6) is 0.821. The number of nitrogens with zero attached hydrogens (tertiary/aromatic N) is 1. The second-order valence-corrected chi connectivity index (χ2v) is 10.5. The van der Waals surface area contributed by atoms with Crippen LogP contribution in [0.4, 0.5) is 0 Å². The minimum Gasteiger partial charge on any atom is -0.379 e. The Balaban J connectivity index is 1.74. The third-order valence-electron chi connectivity index (χ3n) is 5.99. The predicted octanol–water partition coefficient (Wildman–Crippen LogP) is 6.07. The first kappa shape index (κ1) is 21.0. The molecule has 1 heterocycles. The second kappa shape index (κ2) is 9.55. The van der Waals surface area contributed by atoms with Crippen LogP contribution in [0, 0.1) is 16.7 Å². The van der Waals surface area contributed by atoms with Gasteiger partial charge in [-0.3, -0.25) is 4.90 Å². The van der Waals surface area contributed by atoms with E-state index in [4.69, 9.17) is 4.74 Å². The predicted molar refractivity (Wildman–Crippen MR) is 109 cm³/mol. The Labute approximate surface area is 157 Å². The van der Waals surface area contributed by atoms with Crippen LogP contribution in [0.15, 0.2) is 11.6 Å². The summed E-state index contributed by atoms with van der Waals surface area (Å²) in [6, 6.07) is 0. The average molecular weight is 350 g/mol. The first-order valence-electron chi connectivity index (χ1n) is 10.7. The van der Waals surface area contributed by atoms with E-state index in [9.17, 15) is 0 Å². The third-order valence-corrected chi connectivity index (χ3v) is 5.99. The highest BCUT2D eigenvalue weighted by atomic mass is 16.5. The molecule has 0 amide bonds. The molecule has 0 spiro atoms. The van der Waals surface area contributed by atoms with Gasteiger partial charge >= 0.3 is 0 Å². The molecule has 2 nitrogen and oxygen atoms in total. The second-order valence-electron chi connectivity index (χ2n) is 10.5. The Hall–Kier alpha value is -0.340. The van der Waals surface area contributed by atoms with Crippen LogP contribution in [0.3, 0.4) is 0 Å². The van der Waals surface area contributed by atoms with Crippen molar-refractivity contribution in [3.8, 4) is 0 Å². The van der Waals surface area contributed by atoms with Crippen molar-refractivity contribution in [3.05, 3.63) is 11.6 Å². The molecule has 0 N–H and O–H groups in total. The first-order valence-corrected chi connectivity index (χ1v) is 10.7. The number of hydrogen-bond donors (Lipinski definition) is 0. The molecule has 1 fully saturated rings. The lowest BCUT2D eigenvalue weighted by Crippen LogP contribution is -2.37. The summed E-state index contributed by atoms with van der Waals surface area (Å²) in [5, 5.41) is 0. The topological polar surface area (TPSA) is 12.5 Å². The van der Waals surface area contributed by atoms with E-state index >= 15 is 0 Å². The highest BCUT2D eigenvalue weighted by Gasteiger charge is 2.25.